The fraction of sp³-hybridized carbons (Fsp3) is 0.360. The number of methoxy groups -OCH3 is 1. The van der Waals surface area contributed by atoms with Crippen LogP contribution in [0.3, 0.4) is 0 Å². The Morgan fingerprint density at radius 1 is 1.16 bits per heavy atom. The number of carbonyl (C=O) groups is 2. The second-order valence-corrected chi connectivity index (χ2v) is 9.48. The zero-order valence-electron chi connectivity index (χ0n) is 18.1. The van der Waals surface area contributed by atoms with Gasteiger partial charge in [0.1, 0.15) is 5.75 Å². The van der Waals surface area contributed by atoms with Crippen molar-refractivity contribution in [3.05, 3.63) is 58.5 Å². The Morgan fingerprint density at radius 2 is 1.94 bits per heavy atom. The van der Waals surface area contributed by atoms with Gasteiger partial charge >= 0.3 is 0 Å². The molecule has 4 rings (SSSR count). The number of hydrogen-bond donors (Lipinski definition) is 2. The number of carbonyl (C=O) groups excluding carboxylic acids is 2. The van der Waals surface area contributed by atoms with E-state index in [0.29, 0.717) is 28.0 Å². The summed E-state index contributed by atoms with van der Waals surface area (Å²) < 4.78 is 5.18. The topological polar surface area (TPSA) is 67.4 Å². The van der Waals surface area contributed by atoms with Gasteiger partial charge in [-0.3, -0.25) is 9.59 Å². The van der Waals surface area contributed by atoms with Gasteiger partial charge in [-0.05, 0) is 60.2 Å². The Balaban J connectivity index is 1.48. The minimum absolute atomic E-state index is 0.0763. The molecule has 3 unspecified atom stereocenters. The molecule has 2 aromatic carbocycles. The molecule has 1 saturated carbocycles. The van der Waals surface area contributed by atoms with Gasteiger partial charge in [-0.15, -0.1) is 0 Å². The van der Waals surface area contributed by atoms with Crippen molar-refractivity contribution < 1.29 is 14.3 Å². The maximum Gasteiger partial charge on any atom is 0.262 e. The molecule has 1 heterocycles. The maximum absolute atomic E-state index is 12.8. The Kier molecular flexibility index (Phi) is 6.37. The van der Waals surface area contributed by atoms with Crippen molar-refractivity contribution in [1.82, 2.24) is 5.32 Å². The van der Waals surface area contributed by atoms with Crippen molar-refractivity contribution in [2.45, 2.75) is 44.0 Å². The smallest absolute Gasteiger partial charge is 0.262 e. The first-order chi connectivity index (χ1) is 14.9. The van der Waals surface area contributed by atoms with E-state index >= 15 is 0 Å². The number of thioether (sulfide) groups is 1. The van der Waals surface area contributed by atoms with Crippen LogP contribution in [0.5, 0.6) is 5.75 Å². The van der Waals surface area contributed by atoms with Gasteiger partial charge in [-0.2, -0.15) is 0 Å². The monoisotopic (exact) mass is 436 g/mol. The molecule has 2 aliphatic rings. The van der Waals surface area contributed by atoms with Crippen LogP contribution < -0.4 is 15.4 Å². The molecule has 6 heteroatoms. The fourth-order valence-corrected chi connectivity index (χ4v) is 5.12. The van der Waals surface area contributed by atoms with Gasteiger partial charge in [-0.1, -0.05) is 50.6 Å². The van der Waals surface area contributed by atoms with Crippen molar-refractivity contribution >= 4 is 35.3 Å². The molecule has 1 aliphatic heterocycles. The number of anilines is 1. The van der Waals surface area contributed by atoms with E-state index in [1.54, 1.807) is 13.2 Å². The number of ether oxygens (including phenoxy) is 1. The Hall–Kier alpha value is -2.73. The second kappa shape index (κ2) is 9.18. The molecule has 0 spiro atoms. The molecule has 2 aromatic rings. The van der Waals surface area contributed by atoms with Gasteiger partial charge in [-0.25, -0.2) is 0 Å². The van der Waals surface area contributed by atoms with E-state index < -0.39 is 0 Å². The van der Waals surface area contributed by atoms with Gasteiger partial charge in [0.25, 0.3) is 11.8 Å². The van der Waals surface area contributed by atoms with Crippen molar-refractivity contribution in [3.63, 3.8) is 0 Å². The van der Waals surface area contributed by atoms with E-state index in [1.165, 1.54) is 18.2 Å². The van der Waals surface area contributed by atoms with Crippen molar-refractivity contribution in [2.75, 3.05) is 12.4 Å². The highest BCUT2D eigenvalue weighted by Gasteiger charge is 2.29. The normalized spacial score (nSPS) is 24.3. The van der Waals surface area contributed by atoms with Crippen LogP contribution in [0.2, 0.25) is 0 Å². The second-order valence-electron chi connectivity index (χ2n) is 8.40. The van der Waals surface area contributed by atoms with Crippen LogP contribution >= 0.6 is 11.8 Å². The average Bonchev–Trinajstić information content (AvgIpc) is 2.77. The zero-order valence-corrected chi connectivity index (χ0v) is 18.9. The van der Waals surface area contributed by atoms with Crippen LogP contribution in [0, 0.1) is 11.8 Å². The largest absolute Gasteiger partial charge is 0.497 e. The highest BCUT2D eigenvalue weighted by molar-refractivity contribution is 8.04. The molecule has 162 valence electrons. The number of hydrogen-bond acceptors (Lipinski definition) is 4. The predicted molar refractivity (Wildman–Crippen MR) is 125 cm³/mol. The molecule has 0 radical (unpaired) electrons. The highest BCUT2D eigenvalue weighted by Crippen LogP contribution is 2.39. The summed E-state index contributed by atoms with van der Waals surface area (Å²) in [5.74, 6) is 1.62. The third-order valence-corrected chi connectivity index (χ3v) is 7.47. The lowest BCUT2D eigenvalue weighted by atomic mass is 9.78. The number of nitrogens with one attached hydrogen (secondary N) is 2. The summed E-state index contributed by atoms with van der Waals surface area (Å²) in [6.45, 7) is 4.47. The van der Waals surface area contributed by atoms with Gasteiger partial charge in [0.15, 0.2) is 0 Å². The summed E-state index contributed by atoms with van der Waals surface area (Å²) in [5.41, 5.74) is 2.18. The molecule has 0 saturated heterocycles. The molecule has 0 bridgehead atoms. The van der Waals surface area contributed by atoms with Crippen LogP contribution in [-0.2, 0) is 4.79 Å². The Labute approximate surface area is 187 Å². The van der Waals surface area contributed by atoms with Crippen LogP contribution in [0.15, 0.2) is 52.3 Å². The number of benzene rings is 2. The molecule has 0 aromatic heterocycles. The van der Waals surface area contributed by atoms with Crippen LogP contribution in [0.1, 0.15) is 49.0 Å². The average molecular weight is 437 g/mol. The van der Waals surface area contributed by atoms with Crippen LogP contribution in [-0.4, -0.2) is 25.0 Å². The lowest BCUT2D eigenvalue weighted by Crippen LogP contribution is -2.43. The molecule has 1 aliphatic carbocycles. The van der Waals surface area contributed by atoms with Gasteiger partial charge in [0.2, 0.25) is 0 Å². The fourth-order valence-electron chi connectivity index (χ4n) is 4.19. The molecule has 1 fully saturated rings. The molecule has 5 nitrogen and oxygen atoms in total. The van der Waals surface area contributed by atoms with Gasteiger partial charge < -0.3 is 15.4 Å². The minimum atomic E-state index is -0.166. The third-order valence-electron chi connectivity index (χ3n) is 6.37. The Bertz CT molecular complexity index is 1020. The first-order valence-electron chi connectivity index (χ1n) is 10.7. The van der Waals surface area contributed by atoms with E-state index in [0.717, 1.165) is 29.1 Å². The summed E-state index contributed by atoms with van der Waals surface area (Å²) in [5, 5.41) is 6.14. The first-order valence-corrected chi connectivity index (χ1v) is 11.6. The Morgan fingerprint density at radius 3 is 2.68 bits per heavy atom. The SMILES string of the molecule is COc1ccc(C=C2Sc3ccc(C(=O)NC4CCCC(C)C4C)cc3NC2=O)cc1. The minimum Gasteiger partial charge on any atom is -0.497 e. The third kappa shape index (κ3) is 4.79. The molecule has 2 N–H and O–H groups in total. The van der Waals surface area contributed by atoms with E-state index in [2.05, 4.69) is 24.5 Å². The van der Waals surface area contributed by atoms with Gasteiger partial charge in [0.05, 0.1) is 17.7 Å². The summed E-state index contributed by atoms with van der Waals surface area (Å²) in [6, 6.07) is 13.3. The highest BCUT2D eigenvalue weighted by atomic mass is 32.2. The van der Waals surface area contributed by atoms with Gasteiger partial charge in [0, 0.05) is 16.5 Å². The molecular formula is C25H28N2O3S. The molecular weight excluding hydrogens is 408 g/mol. The summed E-state index contributed by atoms with van der Waals surface area (Å²) in [4.78, 5) is 27.0. The molecule has 31 heavy (non-hydrogen) atoms. The van der Waals surface area contributed by atoms with Crippen LogP contribution in [0.4, 0.5) is 5.69 Å². The maximum atomic E-state index is 12.8. The van der Waals surface area contributed by atoms with E-state index in [1.807, 2.05) is 42.5 Å². The van der Waals surface area contributed by atoms with E-state index in [4.69, 9.17) is 4.74 Å². The van der Waals surface area contributed by atoms with Crippen molar-refractivity contribution in [2.24, 2.45) is 11.8 Å². The lowest BCUT2D eigenvalue weighted by Gasteiger charge is -2.34. The summed E-state index contributed by atoms with van der Waals surface area (Å²) in [6.07, 6.45) is 5.25. The number of amides is 2. The van der Waals surface area contributed by atoms with E-state index in [-0.39, 0.29) is 17.9 Å². The quantitative estimate of drug-likeness (QED) is 0.635. The molecule has 3 atom stereocenters. The van der Waals surface area contributed by atoms with Crippen molar-refractivity contribution in [3.8, 4) is 5.75 Å². The number of rotatable bonds is 4. The molecule has 2 amide bonds. The predicted octanol–water partition coefficient (Wildman–Crippen LogP) is 5.34. The zero-order chi connectivity index (χ0) is 22.0. The lowest BCUT2D eigenvalue weighted by molar-refractivity contribution is -0.112. The standard InChI is InChI=1S/C25H28N2O3S/c1-15-5-4-6-20(16(15)2)26-24(28)18-9-12-22-21(14-18)27-25(29)23(31-22)13-17-7-10-19(30-3)11-8-17/h7-16,20H,4-6H2,1-3H3,(H,26,28)(H,27,29). The summed E-state index contributed by atoms with van der Waals surface area (Å²) in [7, 11) is 1.62. The summed E-state index contributed by atoms with van der Waals surface area (Å²) >= 11 is 1.41. The first kappa shape index (κ1) is 21.5. The number of fused-ring (bicyclic) bond motifs is 1. The van der Waals surface area contributed by atoms with Crippen molar-refractivity contribution in [1.29, 1.82) is 0 Å². The van der Waals surface area contributed by atoms with E-state index in [9.17, 15) is 9.59 Å². The van der Waals surface area contributed by atoms with Crippen LogP contribution in [0.25, 0.3) is 6.08 Å².